The number of aromatic nitrogens is 1. The van der Waals surface area contributed by atoms with Crippen LogP contribution in [-0.4, -0.2) is 4.57 Å². The lowest BCUT2D eigenvalue weighted by molar-refractivity contribution is 0.332. The summed E-state index contributed by atoms with van der Waals surface area (Å²) in [4.78, 5) is 0. The lowest BCUT2D eigenvalue weighted by atomic mass is 9.62. The van der Waals surface area contributed by atoms with Gasteiger partial charge in [0.2, 0.25) is 0 Å². The molecule has 3 aliphatic rings. The summed E-state index contributed by atoms with van der Waals surface area (Å²) in [6, 6.07) is 38.2. The molecule has 0 amide bonds. The number of nitrogens with one attached hydrogen (secondary N) is 1. The van der Waals surface area contributed by atoms with E-state index in [-0.39, 0.29) is 37.9 Å². The fourth-order valence-corrected chi connectivity index (χ4v) is 12.8. The largest absolute Gasteiger partial charge is 0.455 e. The predicted octanol–water partition coefficient (Wildman–Crippen LogP) is 18.4. The molecule has 0 radical (unpaired) electrons. The third-order valence-corrected chi connectivity index (χ3v) is 17.8. The molecule has 0 saturated carbocycles. The zero-order valence-corrected chi connectivity index (χ0v) is 43.3. The number of hydrogen-bond acceptors (Lipinski definition) is 2. The van der Waals surface area contributed by atoms with Gasteiger partial charge in [-0.05, 0) is 182 Å². The van der Waals surface area contributed by atoms with E-state index < -0.39 is 0 Å². The van der Waals surface area contributed by atoms with Crippen LogP contribution >= 0.6 is 0 Å². The molecule has 0 bridgehead atoms. The average Bonchev–Trinajstić information content (AvgIpc) is 3.81. The fraction of sp³-hybridized carbons (Fsp3) is 0.438. The molecule has 6 aromatic carbocycles. The molecular formula is C64H74N2O. The van der Waals surface area contributed by atoms with Crippen molar-refractivity contribution < 1.29 is 4.42 Å². The van der Waals surface area contributed by atoms with E-state index >= 15 is 0 Å². The first-order valence-corrected chi connectivity index (χ1v) is 25.5. The topological polar surface area (TPSA) is 30.1 Å². The third-order valence-electron chi connectivity index (χ3n) is 17.8. The third kappa shape index (κ3) is 6.78. The van der Waals surface area contributed by atoms with Crippen molar-refractivity contribution in [1.29, 1.82) is 0 Å². The van der Waals surface area contributed by atoms with Crippen LogP contribution in [-0.2, 0) is 37.9 Å². The van der Waals surface area contributed by atoms with Crippen molar-refractivity contribution in [3.05, 3.63) is 136 Å². The fourth-order valence-electron chi connectivity index (χ4n) is 12.8. The number of nitrogens with zero attached hydrogens (tertiary/aromatic N) is 1. The summed E-state index contributed by atoms with van der Waals surface area (Å²) >= 11 is 0. The van der Waals surface area contributed by atoms with E-state index in [4.69, 9.17) is 4.42 Å². The van der Waals surface area contributed by atoms with Gasteiger partial charge in [-0.3, -0.25) is 0 Å². The average molecular weight is 887 g/mol. The first kappa shape index (κ1) is 44.2. The van der Waals surface area contributed by atoms with Gasteiger partial charge in [0, 0.05) is 38.8 Å². The molecule has 3 aliphatic carbocycles. The number of para-hydroxylation sites is 1. The van der Waals surface area contributed by atoms with E-state index in [1.54, 1.807) is 0 Å². The van der Waals surface area contributed by atoms with Crippen LogP contribution in [0.4, 0.5) is 11.4 Å². The Morgan fingerprint density at radius 1 is 0.463 bits per heavy atom. The Bertz CT molecular complexity index is 3350. The second-order valence-corrected chi connectivity index (χ2v) is 26.3. The highest BCUT2D eigenvalue weighted by molar-refractivity contribution is 6.28. The Hall–Kier alpha value is -5.28. The molecule has 3 heteroatoms. The van der Waals surface area contributed by atoms with Crippen LogP contribution in [0.2, 0.25) is 0 Å². The van der Waals surface area contributed by atoms with Gasteiger partial charge in [-0.1, -0.05) is 140 Å². The zero-order chi connectivity index (χ0) is 47.6. The van der Waals surface area contributed by atoms with Crippen molar-refractivity contribution in [3.63, 3.8) is 0 Å². The van der Waals surface area contributed by atoms with Crippen molar-refractivity contribution in [1.82, 2.24) is 4.57 Å². The molecule has 0 saturated heterocycles. The Morgan fingerprint density at radius 2 is 0.985 bits per heavy atom. The van der Waals surface area contributed by atoms with Gasteiger partial charge in [0.15, 0.2) is 0 Å². The molecule has 0 aliphatic heterocycles. The van der Waals surface area contributed by atoms with Gasteiger partial charge >= 0.3 is 0 Å². The van der Waals surface area contributed by atoms with Gasteiger partial charge in [-0.15, -0.1) is 0 Å². The highest BCUT2D eigenvalue weighted by Gasteiger charge is 2.41. The van der Waals surface area contributed by atoms with Gasteiger partial charge in [0.25, 0.3) is 0 Å². The molecule has 346 valence electrons. The summed E-state index contributed by atoms with van der Waals surface area (Å²) in [5.74, 6) is 0. The summed E-state index contributed by atoms with van der Waals surface area (Å²) < 4.78 is 9.95. The molecule has 8 aromatic rings. The van der Waals surface area contributed by atoms with Gasteiger partial charge in [-0.25, -0.2) is 0 Å². The van der Waals surface area contributed by atoms with Gasteiger partial charge in [0.1, 0.15) is 11.2 Å². The van der Waals surface area contributed by atoms with Crippen LogP contribution in [0.25, 0.3) is 60.6 Å². The normalized spacial score (nSPS) is 19.9. The van der Waals surface area contributed by atoms with E-state index in [9.17, 15) is 0 Å². The summed E-state index contributed by atoms with van der Waals surface area (Å²) in [5.41, 5.74) is 20.8. The molecule has 0 unspecified atom stereocenters. The van der Waals surface area contributed by atoms with Crippen molar-refractivity contribution in [2.75, 3.05) is 5.32 Å². The summed E-state index contributed by atoms with van der Waals surface area (Å²) in [6.07, 6.45) is 6.99. The van der Waals surface area contributed by atoms with Crippen LogP contribution < -0.4 is 5.32 Å². The Balaban J connectivity index is 1.30. The highest BCUT2D eigenvalue weighted by atomic mass is 16.3. The van der Waals surface area contributed by atoms with E-state index in [0.717, 1.165) is 47.2 Å². The molecule has 1 N–H and O–H groups in total. The summed E-state index contributed by atoms with van der Waals surface area (Å²) in [6.45, 7) is 36.3. The Morgan fingerprint density at radius 3 is 1.58 bits per heavy atom. The number of hydrogen-bond donors (Lipinski definition) is 1. The Kier molecular flexibility index (Phi) is 9.34. The SMILES string of the molecule is CC(C)(C)c1ccc(Nc2cc3c(cc2-c2cc4c(c5cc6c(cc5n4-c4ccc5c(c4)C(C)(C)CCC5(C)C)C(C)(C)CCC6(C)C)c4oc5ccccc5c24)C(C)(C)CCC3(C)C)cc1. The monoisotopic (exact) mass is 887 g/mol. The minimum atomic E-state index is 0.0193. The van der Waals surface area contributed by atoms with E-state index in [1.807, 2.05) is 0 Å². The molecule has 11 rings (SSSR count). The van der Waals surface area contributed by atoms with E-state index in [2.05, 4.69) is 211 Å². The second kappa shape index (κ2) is 14.1. The van der Waals surface area contributed by atoms with E-state index in [1.165, 1.54) is 102 Å². The van der Waals surface area contributed by atoms with Crippen molar-refractivity contribution in [2.45, 2.75) is 180 Å². The van der Waals surface area contributed by atoms with Crippen LogP contribution in [0.3, 0.4) is 0 Å². The number of anilines is 2. The molecule has 3 nitrogen and oxygen atoms in total. The minimum absolute atomic E-state index is 0.0193. The van der Waals surface area contributed by atoms with Crippen molar-refractivity contribution >= 4 is 55.1 Å². The van der Waals surface area contributed by atoms with Gasteiger partial charge in [0.05, 0.1) is 16.4 Å². The first-order chi connectivity index (χ1) is 31.3. The maximum atomic E-state index is 7.33. The smallest absolute Gasteiger partial charge is 0.146 e. The van der Waals surface area contributed by atoms with E-state index in [0.29, 0.717) is 0 Å². The maximum absolute atomic E-state index is 7.33. The van der Waals surface area contributed by atoms with Crippen LogP contribution in [0.5, 0.6) is 0 Å². The quantitative estimate of drug-likeness (QED) is 0.191. The number of fused-ring (bicyclic) bond motifs is 10. The summed E-state index contributed by atoms with van der Waals surface area (Å²) in [7, 11) is 0. The lowest BCUT2D eigenvalue weighted by Gasteiger charge is -2.42. The summed E-state index contributed by atoms with van der Waals surface area (Å²) in [5, 5.41) is 8.88. The zero-order valence-electron chi connectivity index (χ0n) is 43.3. The molecular weight excluding hydrogens is 813 g/mol. The van der Waals surface area contributed by atoms with Crippen molar-refractivity contribution in [2.24, 2.45) is 0 Å². The van der Waals surface area contributed by atoms with Gasteiger partial charge in [-0.2, -0.15) is 0 Å². The molecule has 2 aromatic heterocycles. The molecule has 0 atom stereocenters. The van der Waals surface area contributed by atoms with Gasteiger partial charge < -0.3 is 14.3 Å². The molecule has 67 heavy (non-hydrogen) atoms. The molecule has 2 heterocycles. The predicted molar refractivity (Wildman–Crippen MR) is 288 cm³/mol. The number of furan rings is 1. The van der Waals surface area contributed by atoms with Crippen LogP contribution in [0.1, 0.15) is 181 Å². The van der Waals surface area contributed by atoms with Crippen LogP contribution in [0, 0.1) is 0 Å². The first-order valence-electron chi connectivity index (χ1n) is 25.5. The maximum Gasteiger partial charge on any atom is 0.146 e. The van der Waals surface area contributed by atoms with Crippen LogP contribution in [0.15, 0.2) is 101 Å². The van der Waals surface area contributed by atoms with Crippen molar-refractivity contribution in [3.8, 4) is 16.8 Å². The minimum Gasteiger partial charge on any atom is -0.455 e. The highest BCUT2D eigenvalue weighted by Crippen LogP contribution is 2.55. The number of benzene rings is 6. The standard InChI is InChI=1S/C64H74N2O/c1-58(2,3)38-20-22-39(23-21-38)65-51-36-49-47(61(8,9)28-30-63(49,12)13)33-42(51)43-35-53-56(57-55(43)41-18-16-17-19-54(41)67-57)44-34-48-50(64(14,15)31-29-62(48,10)11)37-52(44)66(53)40-24-25-45-46(32-40)60(6,7)27-26-59(45,4)5/h16-25,32-37,65H,26-31H2,1-15H3. The second-order valence-electron chi connectivity index (χ2n) is 26.3. The number of rotatable bonds is 4. The Labute approximate surface area is 400 Å². The molecule has 0 spiro atoms. The molecule has 0 fully saturated rings. The lowest BCUT2D eigenvalue weighted by Crippen LogP contribution is -2.34.